The van der Waals surface area contributed by atoms with Crippen molar-refractivity contribution >= 4 is 5.97 Å². The molecule has 6 rings (SSSR count). The van der Waals surface area contributed by atoms with Gasteiger partial charge in [0.1, 0.15) is 24.9 Å². The molecule has 9 heteroatoms. The zero-order chi connectivity index (χ0) is 27.2. The summed E-state index contributed by atoms with van der Waals surface area (Å²) < 4.78 is 17.0. The molecule has 4 saturated carbocycles. The van der Waals surface area contributed by atoms with Gasteiger partial charge in [0.15, 0.2) is 6.29 Å². The van der Waals surface area contributed by atoms with Crippen molar-refractivity contribution in [3.8, 4) is 0 Å². The molecular weight excluding hydrogens is 492 g/mol. The van der Waals surface area contributed by atoms with Gasteiger partial charge in [-0.15, -0.1) is 0 Å². The molecule has 0 aromatic heterocycles. The zero-order valence-electron chi connectivity index (χ0n) is 22.7. The molecule has 6 aliphatic rings. The van der Waals surface area contributed by atoms with E-state index in [1.165, 1.54) is 0 Å². The third-order valence-electron chi connectivity index (χ3n) is 12.1. The quantitative estimate of drug-likeness (QED) is 0.267. The Balaban J connectivity index is 1.20. The van der Waals surface area contributed by atoms with E-state index in [1.807, 2.05) is 0 Å². The van der Waals surface area contributed by atoms with Gasteiger partial charge >= 0.3 is 5.97 Å². The average Bonchev–Trinajstić information content (AvgIpc) is 3.45. The Morgan fingerprint density at radius 1 is 0.974 bits per heavy atom. The van der Waals surface area contributed by atoms with Crippen LogP contribution in [0.4, 0.5) is 0 Å². The number of carbonyl (C=O) groups excluding carboxylic acids is 1. The number of hydrogen-bond donors (Lipinski definition) is 5. The molecule has 1 saturated heterocycles. The molecule has 5 N–H and O–H groups in total. The number of carbonyl (C=O) groups is 1. The lowest BCUT2D eigenvalue weighted by molar-refractivity contribution is -0.323. The van der Waals surface area contributed by atoms with Crippen molar-refractivity contribution in [1.82, 2.24) is 0 Å². The highest BCUT2D eigenvalue weighted by Crippen LogP contribution is 2.69. The van der Waals surface area contributed by atoms with Gasteiger partial charge in [-0.2, -0.15) is 0 Å². The van der Waals surface area contributed by atoms with E-state index in [4.69, 9.17) is 14.2 Å². The van der Waals surface area contributed by atoms with E-state index in [-0.39, 0.29) is 23.7 Å². The Hall–Kier alpha value is -1.07. The van der Waals surface area contributed by atoms with Gasteiger partial charge in [0.2, 0.25) is 0 Å². The molecule has 0 spiro atoms. The number of hydrogen-bond acceptors (Lipinski definition) is 9. The molecule has 38 heavy (non-hydrogen) atoms. The highest BCUT2D eigenvalue weighted by molar-refractivity contribution is 5.85. The van der Waals surface area contributed by atoms with Gasteiger partial charge in [0, 0.05) is 17.9 Å². The second kappa shape index (κ2) is 9.23. The Morgan fingerprint density at radius 2 is 1.74 bits per heavy atom. The predicted octanol–water partition coefficient (Wildman–Crippen LogP) is 1.43. The molecule has 5 fully saturated rings. The lowest BCUT2D eigenvalue weighted by Crippen LogP contribution is -2.69. The van der Waals surface area contributed by atoms with Crippen molar-refractivity contribution in [3.05, 3.63) is 11.6 Å². The lowest BCUT2D eigenvalue weighted by atomic mass is 9.42. The smallest absolute Gasteiger partial charge is 0.331 e. The van der Waals surface area contributed by atoms with E-state index in [1.54, 1.807) is 13.0 Å². The van der Waals surface area contributed by atoms with E-state index in [0.717, 1.165) is 31.3 Å². The number of fused-ring (bicyclic) bond motifs is 5. The topological polar surface area (TPSA) is 146 Å². The molecule has 2 heterocycles. The maximum absolute atomic E-state index is 12.1. The van der Waals surface area contributed by atoms with E-state index in [0.29, 0.717) is 43.6 Å². The highest BCUT2D eigenvalue weighted by atomic mass is 16.7. The SMILES string of the molecule is C[C@@H]1O[C@@H](O[C@@H]2CC[C@]3(C)[C@H]4CC[C@]5(C)[C@@H](C6=CC(=O)OC6)CC[C@H]5[C@@H]4C[C@H](O)[C@]3(O)C2)[C@@H](O)[C@@H](O)[C@@H]1O. The molecule has 0 unspecified atom stereocenters. The van der Waals surface area contributed by atoms with Crippen LogP contribution in [0, 0.1) is 34.5 Å². The van der Waals surface area contributed by atoms with Crippen LogP contribution in [0.15, 0.2) is 11.6 Å². The summed E-state index contributed by atoms with van der Waals surface area (Å²) in [5.41, 5.74) is -0.631. The number of aliphatic hydroxyl groups is 5. The molecule has 2 aliphatic heterocycles. The number of ether oxygens (including phenoxy) is 3. The maximum Gasteiger partial charge on any atom is 0.331 e. The monoisotopic (exact) mass is 536 g/mol. The summed E-state index contributed by atoms with van der Waals surface area (Å²) in [5.74, 6) is 1.09. The Kier molecular flexibility index (Phi) is 6.58. The number of cyclic esters (lactones) is 1. The largest absolute Gasteiger partial charge is 0.458 e. The summed E-state index contributed by atoms with van der Waals surface area (Å²) in [6.45, 7) is 6.51. The van der Waals surface area contributed by atoms with E-state index in [2.05, 4.69) is 13.8 Å². The van der Waals surface area contributed by atoms with Gasteiger partial charge in [-0.1, -0.05) is 13.8 Å². The van der Waals surface area contributed by atoms with E-state index in [9.17, 15) is 30.3 Å². The van der Waals surface area contributed by atoms with Crippen LogP contribution in [-0.4, -0.2) is 86.6 Å². The molecule has 0 radical (unpaired) electrons. The molecule has 0 bridgehead atoms. The summed E-state index contributed by atoms with van der Waals surface area (Å²) in [5, 5.41) is 54.3. The Morgan fingerprint density at radius 3 is 2.45 bits per heavy atom. The molecule has 0 aromatic carbocycles. The fourth-order valence-electron chi connectivity index (χ4n) is 9.87. The summed E-state index contributed by atoms with van der Waals surface area (Å²) in [7, 11) is 0. The highest BCUT2D eigenvalue weighted by Gasteiger charge is 2.68. The van der Waals surface area contributed by atoms with Crippen molar-refractivity contribution in [2.75, 3.05) is 6.61 Å². The maximum atomic E-state index is 12.1. The van der Waals surface area contributed by atoms with Gasteiger partial charge in [-0.05, 0) is 86.5 Å². The Labute approximate surface area is 224 Å². The third-order valence-corrected chi connectivity index (χ3v) is 12.1. The summed E-state index contributed by atoms with van der Waals surface area (Å²) in [6.07, 6.45) is 0.718. The van der Waals surface area contributed by atoms with Crippen LogP contribution in [0.25, 0.3) is 0 Å². The van der Waals surface area contributed by atoms with Gasteiger partial charge in [0.25, 0.3) is 0 Å². The zero-order valence-corrected chi connectivity index (χ0v) is 22.7. The molecule has 0 amide bonds. The third kappa shape index (κ3) is 3.80. The first kappa shape index (κ1) is 27.1. The van der Waals surface area contributed by atoms with Crippen molar-refractivity contribution in [1.29, 1.82) is 0 Å². The van der Waals surface area contributed by atoms with Crippen LogP contribution in [-0.2, 0) is 19.0 Å². The van der Waals surface area contributed by atoms with Crippen LogP contribution in [0.1, 0.15) is 72.1 Å². The normalized spacial score (nSPS) is 56.5. The predicted molar refractivity (Wildman–Crippen MR) is 134 cm³/mol. The Bertz CT molecular complexity index is 985. The van der Waals surface area contributed by atoms with Gasteiger partial charge < -0.3 is 39.7 Å². The standard InChI is InChI=1S/C29H44O9/c1-14-23(32)24(33)25(34)26(37-14)38-16-6-9-28(3)20-7-8-27(2)18(15-10-22(31)36-13-15)4-5-19(27)17(20)11-21(30)29(28,35)12-16/h10,14,16-21,23-26,30,32-35H,4-9,11-13H2,1-3H3/t14-,16+,17-,18+,19-,20-,21-,23+,24-,25-,26-,27+,28+,29+/m0/s1. The number of aliphatic hydroxyl groups excluding tert-OH is 4. The van der Waals surface area contributed by atoms with Crippen LogP contribution < -0.4 is 0 Å². The van der Waals surface area contributed by atoms with Crippen LogP contribution in [0.2, 0.25) is 0 Å². The molecule has 4 aliphatic carbocycles. The molecule has 214 valence electrons. The summed E-state index contributed by atoms with van der Waals surface area (Å²) in [4.78, 5) is 11.8. The number of esters is 1. The van der Waals surface area contributed by atoms with Gasteiger partial charge in [-0.25, -0.2) is 4.79 Å². The van der Waals surface area contributed by atoms with Crippen molar-refractivity contribution < 1.29 is 44.5 Å². The van der Waals surface area contributed by atoms with Gasteiger partial charge in [-0.3, -0.25) is 0 Å². The van der Waals surface area contributed by atoms with E-state index >= 15 is 0 Å². The lowest BCUT2D eigenvalue weighted by Gasteiger charge is -2.65. The fraction of sp³-hybridized carbons (Fsp3) is 0.897. The van der Waals surface area contributed by atoms with Crippen molar-refractivity contribution in [3.63, 3.8) is 0 Å². The minimum atomic E-state index is -1.40. The molecule has 9 nitrogen and oxygen atoms in total. The first-order chi connectivity index (χ1) is 17.9. The van der Waals surface area contributed by atoms with Crippen LogP contribution in [0.5, 0.6) is 0 Å². The van der Waals surface area contributed by atoms with Gasteiger partial charge in [0.05, 0.1) is 23.9 Å². The summed E-state index contributed by atoms with van der Waals surface area (Å²) >= 11 is 0. The molecule has 0 aromatic rings. The van der Waals surface area contributed by atoms with Crippen LogP contribution in [0.3, 0.4) is 0 Å². The molecule has 14 atom stereocenters. The minimum Gasteiger partial charge on any atom is -0.458 e. The first-order valence-corrected chi connectivity index (χ1v) is 14.5. The van der Waals surface area contributed by atoms with Crippen LogP contribution >= 0.6 is 0 Å². The number of rotatable bonds is 3. The second-order valence-corrected chi connectivity index (χ2v) is 13.7. The second-order valence-electron chi connectivity index (χ2n) is 13.7. The first-order valence-electron chi connectivity index (χ1n) is 14.5. The summed E-state index contributed by atoms with van der Waals surface area (Å²) in [6, 6.07) is 0. The minimum absolute atomic E-state index is 0.0589. The van der Waals surface area contributed by atoms with E-state index < -0.39 is 53.9 Å². The van der Waals surface area contributed by atoms with Crippen molar-refractivity contribution in [2.24, 2.45) is 34.5 Å². The molecular formula is C29H44O9. The van der Waals surface area contributed by atoms with Crippen molar-refractivity contribution in [2.45, 2.75) is 121 Å². The fourth-order valence-corrected chi connectivity index (χ4v) is 9.87. The average molecular weight is 537 g/mol.